The highest BCUT2D eigenvalue weighted by Gasteiger charge is 2.25. The molecule has 8 nitrogen and oxygen atoms in total. The number of aromatic nitrogens is 5. The van der Waals surface area contributed by atoms with Crippen molar-refractivity contribution in [1.29, 1.82) is 0 Å². The minimum absolute atomic E-state index is 0.0707. The van der Waals surface area contributed by atoms with Crippen molar-refractivity contribution in [3.63, 3.8) is 0 Å². The smallest absolute Gasteiger partial charge is 0.239 e. The third-order valence-corrected chi connectivity index (χ3v) is 3.78. The summed E-state index contributed by atoms with van der Waals surface area (Å²) in [4.78, 5) is 12.6. The molecule has 122 valence electrons. The van der Waals surface area contributed by atoms with Crippen molar-refractivity contribution < 1.29 is 9.13 Å². The SMILES string of the molecule is Fc1ccc(C2COCCN2Nc2ncc3ncnnc3n2)cc1. The molecule has 2 aromatic heterocycles. The molecule has 0 aliphatic carbocycles. The summed E-state index contributed by atoms with van der Waals surface area (Å²) in [6, 6.07) is 6.31. The number of halogens is 1. The summed E-state index contributed by atoms with van der Waals surface area (Å²) in [6.07, 6.45) is 2.94. The van der Waals surface area contributed by atoms with Crippen LogP contribution in [0.25, 0.3) is 11.2 Å². The van der Waals surface area contributed by atoms with Crippen molar-refractivity contribution in [2.24, 2.45) is 0 Å². The van der Waals surface area contributed by atoms with Crippen LogP contribution in [-0.2, 0) is 4.74 Å². The fraction of sp³-hybridized carbons (Fsp3) is 0.267. The molecule has 1 unspecified atom stereocenters. The van der Waals surface area contributed by atoms with Gasteiger partial charge in [0.15, 0.2) is 0 Å². The van der Waals surface area contributed by atoms with E-state index in [1.54, 1.807) is 18.3 Å². The predicted molar refractivity (Wildman–Crippen MR) is 83.2 cm³/mol. The number of fused-ring (bicyclic) bond motifs is 1. The average Bonchev–Trinajstić information content (AvgIpc) is 2.63. The van der Waals surface area contributed by atoms with E-state index in [0.717, 1.165) is 5.56 Å². The first-order valence-corrected chi connectivity index (χ1v) is 7.46. The van der Waals surface area contributed by atoms with E-state index in [9.17, 15) is 4.39 Å². The summed E-state index contributed by atoms with van der Waals surface area (Å²) in [5, 5.41) is 9.63. The van der Waals surface area contributed by atoms with Crippen LogP contribution in [0.3, 0.4) is 0 Å². The highest BCUT2D eigenvalue weighted by molar-refractivity contribution is 5.68. The van der Waals surface area contributed by atoms with E-state index in [1.165, 1.54) is 18.5 Å². The first-order valence-electron chi connectivity index (χ1n) is 7.46. The molecule has 4 rings (SSSR count). The Balaban J connectivity index is 1.59. The van der Waals surface area contributed by atoms with Gasteiger partial charge < -0.3 is 4.74 Å². The maximum Gasteiger partial charge on any atom is 0.239 e. The fourth-order valence-corrected chi connectivity index (χ4v) is 2.58. The molecule has 0 spiro atoms. The largest absolute Gasteiger partial charge is 0.378 e. The van der Waals surface area contributed by atoms with E-state index in [0.29, 0.717) is 36.9 Å². The number of hydrogen-bond donors (Lipinski definition) is 1. The summed E-state index contributed by atoms with van der Waals surface area (Å²) in [5.41, 5.74) is 5.12. The van der Waals surface area contributed by atoms with Crippen LogP contribution in [0, 0.1) is 5.82 Å². The molecule has 3 heterocycles. The molecule has 0 saturated carbocycles. The maximum atomic E-state index is 13.1. The molecule has 1 aliphatic rings. The average molecular weight is 327 g/mol. The molecular weight excluding hydrogens is 313 g/mol. The summed E-state index contributed by atoms with van der Waals surface area (Å²) in [6.45, 7) is 1.72. The molecule has 1 atom stereocenters. The Hall–Kier alpha value is -2.78. The Morgan fingerprint density at radius 2 is 2.08 bits per heavy atom. The zero-order chi connectivity index (χ0) is 16.4. The second kappa shape index (κ2) is 6.38. The van der Waals surface area contributed by atoms with Crippen LogP contribution in [-0.4, -0.2) is 49.9 Å². The van der Waals surface area contributed by atoms with E-state index >= 15 is 0 Å². The number of anilines is 1. The number of morpholine rings is 1. The quantitative estimate of drug-likeness (QED) is 0.771. The Bertz CT molecular complexity index is 845. The molecule has 9 heteroatoms. The topological polar surface area (TPSA) is 89.0 Å². The Kier molecular flexibility index (Phi) is 3.93. The van der Waals surface area contributed by atoms with Crippen molar-refractivity contribution in [2.45, 2.75) is 6.04 Å². The monoisotopic (exact) mass is 327 g/mol. The zero-order valence-corrected chi connectivity index (χ0v) is 12.6. The van der Waals surface area contributed by atoms with Crippen LogP contribution in [0.2, 0.25) is 0 Å². The number of benzene rings is 1. The Labute approximate surface area is 136 Å². The lowest BCUT2D eigenvalue weighted by Crippen LogP contribution is -2.43. The number of hydrazine groups is 1. The summed E-state index contributed by atoms with van der Waals surface area (Å²) in [7, 11) is 0. The van der Waals surface area contributed by atoms with Gasteiger partial charge in [-0.15, -0.1) is 10.2 Å². The maximum absolute atomic E-state index is 13.1. The summed E-state index contributed by atoms with van der Waals surface area (Å²) >= 11 is 0. The Morgan fingerprint density at radius 1 is 1.21 bits per heavy atom. The van der Waals surface area contributed by atoms with Gasteiger partial charge in [0.1, 0.15) is 17.7 Å². The predicted octanol–water partition coefficient (Wildman–Crippen LogP) is 1.35. The number of hydrogen-bond acceptors (Lipinski definition) is 8. The van der Waals surface area contributed by atoms with Gasteiger partial charge in [-0.1, -0.05) is 12.1 Å². The zero-order valence-electron chi connectivity index (χ0n) is 12.6. The number of rotatable bonds is 3. The van der Waals surface area contributed by atoms with Crippen molar-refractivity contribution in [3.05, 3.63) is 48.2 Å². The van der Waals surface area contributed by atoms with Gasteiger partial charge in [-0.3, -0.25) is 5.43 Å². The van der Waals surface area contributed by atoms with Crippen LogP contribution in [0.1, 0.15) is 11.6 Å². The molecule has 0 bridgehead atoms. The third kappa shape index (κ3) is 2.99. The first kappa shape index (κ1) is 14.8. The second-order valence-corrected chi connectivity index (χ2v) is 5.31. The molecule has 24 heavy (non-hydrogen) atoms. The molecule has 1 aliphatic heterocycles. The molecule has 3 aromatic rings. The van der Waals surface area contributed by atoms with E-state index in [2.05, 4.69) is 30.6 Å². The van der Waals surface area contributed by atoms with Crippen molar-refractivity contribution >= 4 is 17.1 Å². The lowest BCUT2D eigenvalue weighted by atomic mass is 10.1. The molecular formula is C15H14FN7O. The fourth-order valence-electron chi connectivity index (χ4n) is 2.58. The molecule has 1 N–H and O–H groups in total. The van der Waals surface area contributed by atoms with Gasteiger partial charge in [-0.25, -0.2) is 19.4 Å². The van der Waals surface area contributed by atoms with Gasteiger partial charge in [-0.05, 0) is 17.7 Å². The van der Waals surface area contributed by atoms with Gasteiger partial charge >= 0.3 is 0 Å². The van der Waals surface area contributed by atoms with Gasteiger partial charge in [-0.2, -0.15) is 4.98 Å². The molecule has 1 aromatic carbocycles. The Morgan fingerprint density at radius 3 is 2.96 bits per heavy atom. The highest BCUT2D eigenvalue weighted by atomic mass is 19.1. The third-order valence-electron chi connectivity index (χ3n) is 3.78. The lowest BCUT2D eigenvalue weighted by molar-refractivity contribution is 0.00396. The number of nitrogens with one attached hydrogen (secondary N) is 1. The summed E-state index contributed by atoms with van der Waals surface area (Å²) < 4.78 is 18.7. The molecule has 0 radical (unpaired) electrons. The minimum atomic E-state index is -0.265. The highest BCUT2D eigenvalue weighted by Crippen LogP contribution is 2.24. The van der Waals surface area contributed by atoms with Crippen LogP contribution >= 0.6 is 0 Å². The van der Waals surface area contributed by atoms with Gasteiger partial charge in [0.25, 0.3) is 0 Å². The van der Waals surface area contributed by atoms with Gasteiger partial charge in [0.2, 0.25) is 11.6 Å². The van der Waals surface area contributed by atoms with Crippen LogP contribution < -0.4 is 5.43 Å². The van der Waals surface area contributed by atoms with Crippen molar-refractivity contribution in [1.82, 2.24) is 30.2 Å². The van der Waals surface area contributed by atoms with Crippen LogP contribution in [0.15, 0.2) is 36.8 Å². The van der Waals surface area contributed by atoms with E-state index in [1.807, 2.05) is 5.01 Å². The minimum Gasteiger partial charge on any atom is -0.378 e. The standard InChI is InChI=1S/C15H14FN7O/c16-11-3-1-10(2-4-11)13-8-24-6-5-23(13)22-15-17-7-12-14(20-15)21-19-9-18-12/h1-4,7,9,13H,5-6,8H2,(H,17,20,21,22). The van der Waals surface area contributed by atoms with Gasteiger partial charge in [0.05, 0.1) is 25.5 Å². The van der Waals surface area contributed by atoms with E-state index in [-0.39, 0.29) is 11.9 Å². The van der Waals surface area contributed by atoms with Crippen molar-refractivity contribution in [3.8, 4) is 0 Å². The molecule has 1 saturated heterocycles. The van der Waals surface area contributed by atoms with Gasteiger partial charge in [0, 0.05) is 6.54 Å². The first-order chi connectivity index (χ1) is 11.8. The molecule has 0 amide bonds. The summed E-state index contributed by atoms with van der Waals surface area (Å²) in [5.74, 6) is 0.137. The molecule has 1 fully saturated rings. The number of nitrogens with zero attached hydrogens (tertiary/aromatic N) is 6. The normalized spacial score (nSPS) is 18.6. The van der Waals surface area contributed by atoms with Crippen molar-refractivity contribution in [2.75, 3.05) is 25.2 Å². The number of ether oxygens (including phenoxy) is 1. The lowest BCUT2D eigenvalue weighted by Gasteiger charge is -2.35. The van der Waals surface area contributed by atoms with Crippen LogP contribution in [0.4, 0.5) is 10.3 Å². The van der Waals surface area contributed by atoms with E-state index in [4.69, 9.17) is 4.74 Å². The van der Waals surface area contributed by atoms with E-state index < -0.39 is 0 Å². The van der Waals surface area contributed by atoms with Crippen LogP contribution in [0.5, 0.6) is 0 Å². The second-order valence-electron chi connectivity index (χ2n) is 5.31.